The molecule has 2 rings (SSSR count). The molecule has 2 aromatic rings. The largest absolute Gasteiger partial charge is 0.111 e. The Bertz CT molecular complexity index is 467. The monoisotopic (exact) mass is 334 g/mol. The van der Waals surface area contributed by atoms with Crippen molar-refractivity contribution in [2.45, 2.75) is 11.2 Å². The van der Waals surface area contributed by atoms with Gasteiger partial charge in [-0.3, -0.25) is 0 Å². The molecule has 0 fully saturated rings. The molecular formula is C12H9BrCl2S. The molecule has 0 nitrogen and oxygen atoms in total. The minimum atomic E-state index is 0.214. The summed E-state index contributed by atoms with van der Waals surface area (Å²) in [4.78, 5) is 0.214. The third-order valence-corrected chi connectivity index (χ3v) is 4.61. The second kappa shape index (κ2) is 5.54. The van der Waals surface area contributed by atoms with Gasteiger partial charge < -0.3 is 0 Å². The third-order valence-electron chi connectivity index (χ3n) is 2.28. The van der Waals surface area contributed by atoms with Gasteiger partial charge in [0.2, 0.25) is 0 Å². The van der Waals surface area contributed by atoms with E-state index in [9.17, 15) is 0 Å². The smallest absolute Gasteiger partial charge is 0.0987 e. The summed E-state index contributed by atoms with van der Waals surface area (Å²) in [6.07, 6.45) is 0.910. The van der Waals surface area contributed by atoms with Crippen LogP contribution in [0.4, 0.5) is 0 Å². The van der Waals surface area contributed by atoms with Crippen molar-refractivity contribution in [3.63, 3.8) is 0 Å². The van der Waals surface area contributed by atoms with E-state index < -0.39 is 0 Å². The zero-order valence-electron chi connectivity index (χ0n) is 8.29. The molecule has 0 bridgehead atoms. The van der Waals surface area contributed by atoms with Crippen molar-refractivity contribution >= 4 is 50.5 Å². The summed E-state index contributed by atoms with van der Waals surface area (Å²) < 4.78 is 1.50. The average Bonchev–Trinajstić information content (AvgIpc) is 2.59. The van der Waals surface area contributed by atoms with Gasteiger partial charge in [0, 0.05) is 4.83 Å². The van der Waals surface area contributed by atoms with Crippen LogP contribution in [0.15, 0.2) is 36.4 Å². The number of benzene rings is 1. The van der Waals surface area contributed by atoms with Crippen LogP contribution in [0.1, 0.15) is 16.0 Å². The number of hydrogen-bond donors (Lipinski definition) is 0. The standard InChI is InChI=1S/C12H9BrCl2S/c13-10(6-8-4-2-1-3-5-8)9-7-11(14)16-12(9)15/h1-5,7,10H,6H2. The molecule has 1 unspecified atom stereocenters. The minimum Gasteiger partial charge on any atom is -0.111 e. The number of halogens is 3. The first-order valence-corrected chi connectivity index (χ1v) is 7.28. The van der Waals surface area contributed by atoms with E-state index in [1.165, 1.54) is 16.9 Å². The van der Waals surface area contributed by atoms with E-state index in [2.05, 4.69) is 28.1 Å². The van der Waals surface area contributed by atoms with Crippen molar-refractivity contribution in [3.05, 3.63) is 56.2 Å². The highest BCUT2D eigenvalue weighted by molar-refractivity contribution is 9.09. The van der Waals surface area contributed by atoms with Crippen LogP contribution < -0.4 is 0 Å². The van der Waals surface area contributed by atoms with Crippen molar-refractivity contribution in [1.82, 2.24) is 0 Å². The van der Waals surface area contributed by atoms with Crippen LogP contribution in [-0.2, 0) is 6.42 Å². The Labute approximate surface area is 117 Å². The second-order valence-corrected chi connectivity index (χ2v) is 6.83. The fraction of sp³-hybridized carbons (Fsp3) is 0.167. The Hall–Kier alpha value is -0.0200. The molecule has 1 aromatic heterocycles. The second-order valence-electron chi connectivity index (χ2n) is 3.44. The van der Waals surface area contributed by atoms with Crippen molar-refractivity contribution < 1.29 is 0 Å². The van der Waals surface area contributed by atoms with Crippen LogP contribution in [0, 0.1) is 0 Å². The first-order chi connectivity index (χ1) is 7.66. The first kappa shape index (κ1) is 12.4. The van der Waals surface area contributed by atoms with E-state index in [0.717, 1.165) is 20.7 Å². The van der Waals surface area contributed by atoms with Crippen LogP contribution in [0.3, 0.4) is 0 Å². The molecular weight excluding hydrogens is 327 g/mol. The van der Waals surface area contributed by atoms with Crippen molar-refractivity contribution in [3.8, 4) is 0 Å². The first-order valence-electron chi connectivity index (χ1n) is 4.79. The summed E-state index contributed by atoms with van der Waals surface area (Å²) in [5.74, 6) is 0. The van der Waals surface area contributed by atoms with Gasteiger partial charge in [-0.1, -0.05) is 69.5 Å². The van der Waals surface area contributed by atoms with Gasteiger partial charge in [0.1, 0.15) is 0 Å². The number of thiophene rings is 1. The van der Waals surface area contributed by atoms with Gasteiger partial charge in [-0.2, -0.15) is 0 Å². The minimum absolute atomic E-state index is 0.214. The molecule has 1 atom stereocenters. The predicted molar refractivity (Wildman–Crippen MR) is 76.2 cm³/mol. The van der Waals surface area contributed by atoms with E-state index in [1.54, 1.807) is 0 Å². The van der Waals surface area contributed by atoms with Gasteiger partial charge >= 0.3 is 0 Å². The summed E-state index contributed by atoms with van der Waals surface area (Å²) in [6.45, 7) is 0. The van der Waals surface area contributed by atoms with Crippen LogP contribution >= 0.6 is 50.5 Å². The van der Waals surface area contributed by atoms with Crippen LogP contribution in [-0.4, -0.2) is 0 Å². The fourth-order valence-electron chi connectivity index (χ4n) is 1.50. The lowest BCUT2D eigenvalue weighted by molar-refractivity contribution is 0.955. The highest BCUT2D eigenvalue weighted by Gasteiger charge is 2.15. The Morgan fingerprint density at radius 1 is 1.19 bits per heavy atom. The summed E-state index contributed by atoms with van der Waals surface area (Å²) in [7, 11) is 0. The lowest BCUT2D eigenvalue weighted by Crippen LogP contribution is -1.93. The number of hydrogen-bond acceptors (Lipinski definition) is 1. The Morgan fingerprint density at radius 2 is 1.88 bits per heavy atom. The van der Waals surface area contributed by atoms with Crippen molar-refractivity contribution in [1.29, 1.82) is 0 Å². The molecule has 0 saturated carbocycles. The molecule has 4 heteroatoms. The van der Waals surface area contributed by atoms with Gasteiger partial charge in [-0.05, 0) is 23.6 Å². The molecule has 16 heavy (non-hydrogen) atoms. The number of rotatable bonds is 3. The van der Waals surface area contributed by atoms with Crippen molar-refractivity contribution in [2.75, 3.05) is 0 Å². The predicted octanol–water partition coefficient (Wildman–Crippen LogP) is 5.73. The lowest BCUT2D eigenvalue weighted by Gasteiger charge is -2.08. The molecule has 1 heterocycles. The van der Waals surface area contributed by atoms with E-state index in [0.29, 0.717) is 0 Å². The maximum atomic E-state index is 6.11. The van der Waals surface area contributed by atoms with Crippen LogP contribution in [0.25, 0.3) is 0 Å². The molecule has 0 aliphatic rings. The van der Waals surface area contributed by atoms with E-state index in [-0.39, 0.29) is 4.83 Å². The maximum absolute atomic E-state index is 6.11. The normalized spacial score (nSPS) is 12.7. The summed E-state index contributed by atoms with van der Waals surface area (Å²) in [5, 5.41) is 0. The maximum Gasteiger partial charge on any atom is 0.0987 e. The van der Waals surface area contributed by atoms with Gasteiger partial charge in [0.25, 0.3) is 0 Å². The summed E-state index contributed by atoms with van der Waals surface area (Å²) in [5.41, 5.74) is 2.35. The molecule has 0 saturated heterocycles. The van der Waals surface area contributed by atoms with Gasteiger partial charge in [-0.15, -0.1) is 11.3 Å². The Morgan fingerprint density at radius 3 is 2.44 bits per heavy atom. The Kier molecular flexibility index (Phi) is 4.31. The lowest BCUT2D eigenvalue weighted by atomic mass is 10.1. The molecule has 0 radical (unpaired) electrons. The summed E-state index contributed by atoms with van der Waals surface area (Å²) in [6, 6.07) is 12.2. The van der Waals surface area contributed by atoms with Crippen LogP contribution in [0.2, 0.25) is 8.67 Å². The summed E-state index contributed by atoms with van der Waals surface area (Å²) >= 11 is 17.1. The SMILES string of the molecule is Clc1cc(C(Br)Cc2ccccc2)c(Cl)s1. The molecule has 1 aromatic carbocycles. The van der Waals surface area contributed by atoms with E-state index in [4.69, 9.17) is 23.2 Å². The quantitative estimate of drug-likeness (QED) is 0.628. The van der Waals surface area contributed by atoms with Crippen LogP contribution in [0.5, 0.6) is 0 Å². The van der Waals surface area contributed by atoms with Gasteiger partial charge in [0.05, 0.1) is 8.67 Å². The topological polar surface area (TPSA) is 0 Å². The molecule has 0 spiro atoms. The molecule has 0 N–H and O–H groups in total. The van der Waals surface area contributed by atoms with E-state index >= 15 is 0 Å². The zero-order valence-corrected chi connectivity index (χ0v) is 12.2. The molecule has 0 aliphatic heterocycles. The number of alkyl halides is 1. The van der Waals surface area contributed by atoms with E-state index in [1.807, 2.05) is 24.3 Å². The highest BCUT2D eigenvalue weighted by atomic mass is 79.9. The fourth-order valence-corrected chi connectivity index (χ4v) is 4.09. The van der Waals surface area contributed by atoms with Gasteiger partial charge in [0.15, 0.2) is 0 Å². The zero-order chi connectivity index (χ0) is 11.5. The molecule has 0 amide bonds. The highest BCUT2D eigenvalue weighted by Crippen LogP contribution is 2.39. The average molecular weight is 336 g/mol. The molecule has 0 aliphatic carbocycles. The van der Waals surface area contributed by atoms with Crippen molar-refractivity contribution in [2.24, 2.45) is 0 Å². The Balaban J connectivity index is 2.14. The molecule has 84 valence electrons. The van der Waals surface area contributed by atoms with Gasteiger partial charge in [-0.25, -0.2) is 0 Å². The third kappa shape index (κ3) is 3.01.